The number of aryl methyl sites for hydroxylation is 1. The second kappa shape index (κ2) is 6.70. The summed E-state index contributed by atoms with van der Waals surface area (Å²) in [6.07, 6.45) is 2.01. The highest BCUT2D eigenvalue weighted by molar-refractivity contribution is 7.13. The number of carbonyl (C=O) groups excluding carboxylic acids is 1. The van der Waals surface area contributed by atoms with Gasteiger partial charge in [-0.1, -0.05) is 17.4 Å². The Kier molecular flexibility index (Phi) is 4.24. The molecule has 7 heteroatoms. The monoisotopic (exact) mass is 364 g/mol. The molecule has 0 aliphatic carbocycles. The van der Waals surface area contributed by atoms with Crippen LogP contribution in [0, 0.1) is 6.92 Å². The molecule has 3 heterocycles. The molecule has 26 heavy (non-hydrogen) atoms. The zero-order chi connectivity index (χ0) is 18.1. The molecular formula is C19H18N5OS+. The number of aromatic nitrogens is 3. The minimum atomic E-state index is -0.0744. The van der Waals surface area contributed by atoms with E-state index in [1.54, 1.807) is 11.3 Å². The summed E-state index contributed by atoms with van der Waals surface area (Å²) in [7, 11) is 0. The maximum absolute atomic E-state index is 11.1. The van der Waals surface area contributed by atoms with Gasteiger partial charge in [-0.15, -0.1) is 0 Å². The van der Waals surface area contributed by atoms with Crippen LogP contribution in [0.15, 0.2) is 54.0 Å². The first-order chi connectivity index (χ1) is 12.6. The predicted molar refractivity (Wildman–Crippen MR) is 103 cm³/mol. The summed E-state index contributed by atoms with van der Waals surface area (Å²) in [5.74, 6) is -0.0744. The van der Waals surface area contributed by atoms with E-state index in [1.807, 2.05) is 60.9 Å². The van der Waals surface area contributed by atoms with E-state index in [2.05, 4.69) is 20.1 Å². The van der Waals surface area contributed by atoms with Gasteiger partial charge in [-0.25, -0.2) is 4.98 Å². The smallest absolute Gasteiger partial charge is 0.288 e. The molecule has 0 fully saturated rings. The number of hydrogen-bond donors (Lipinski definition) is 2. The third-order valence-electron chi connectivity index (χ3n) is 3.99. The van der Waals surface area contributed by atoms with Crippen molar-refractivity contribution in [3.63, 3.8) is 0 Å². The van der Waals surface area contributed by atoms with E-state index < -0.39 is 0 Å². The zero-order valence-electron chi connectivity index (χ0n) is 14.4. The highest BCUT2D eigenvalue weighted by Gasteiger charge is 2.15. The molecule has 3 N–H and O–H groups in total. The van der Waals surface area contributed by atoms with Gasteiger partial charge >= 0.3 is 0 Å². The summed E-state index contributed by atoms with van der Waals surface area (Å²) >= 11 is 1.60. The van der Waals surface area contributed by atoms with Crippen LogP contribution in [0.1, 0.15) is 12.6 Å². The van der Waals surface area contributed by atoms with Crippen molar-refractivity contribution in [3.05, 3.63) is 59.7 Å². The van der Waals surface area contributed by atoms with Crippen LogP contribution in [0.25, 0.3) is 17.0 Å². The Hall–Kier alpha value is -3.03. The molecule has 0 spiro atoms. The Morgan fingerprint density at radius 1 is 1.15 bits per heavy atom. The van der Waals surface area contributed by atoms with Crippen LogP contribution in [0.5, 0.6) is 0 Å². The van der Waals surface area contributed by atoms with Crippen LogP contribution >= 0.6 is 11.3 Å². The Morgan fingerprint density at radius 3 is 2.73 bits per heavy atom. The lowest BCUT2D eigenvalue weighted by Crippen LogP contribution is -2.70. The molecule has 130 valence electrons. The standard InChI is InChI=1S/C19H17N5OS/c1-12-18(24-10-4-3-5-17(24)20-12)16-11-26-19(23-16)22-15-8-6-14(7-9-15)21-13(2)25/h3-11H,1-2H3,(H,21,25)(H,22,23)/p+1. The fraction of sp³-hybridized carbons (Fsp3) is 0.105. The van der Waals surface area contributed by atoms with Crippen LogP contribution in [0.2, 0.25) is 0 Å². The van der Waals surface area contributed by atoms with Gasteiger partial charge in [-0.05, 0) is 31.2 Å². The number of thiazole rings is 1. The zero-order valence-corrected chi connectivity index (χ0v) is 15.2. The van der Waals surface area contributed by atoms with Gasteiger partial charge in [0.1, 0.15) is 17.0 Å². The lowest BCUT2D eigenvalue weighted by atomic mass is 10.3. The average Bonchev–Trinajstić information content (AvgIpc) is 3.19. The number of nitrogens with zero attached hydrogens (tertiary/aromatic N) is 3. The largest absolute Gasteiger partial charge is 0.326 e. The third-order valence-corrected chi connectivity index (χ3v) is 4.78. The first-order valence-electron chi connectivity index (χ1n) is 8.22. The second-order valence-corrected chi connectivity index (χ2v) is 6.88. The minimum Gasteiger partial charge on any atom is -0.326 e. The molecule has 0 radical (unpaired) electrons. The molecule has 1 aromatic carbocycles. The topological polar surface area (TPSA) is 75.9 Å². The molecule has 0 saturated carbocycles. The quantitative estimate of drug-likeness (QED) is 0.546. The van der Waals surface area contributed by atoms with E-state index in [9.17, 15) is 4.79 Å². The average molecular weight is 364 g/mol. The molecule has 0 atom stereocenters. The highest BCUT2D eigenvalue weighted by Crippen LogP contribution is 2.27. The SMILES string of the molecule is CC(=O)Nc1ccc([NH2+]c2nc(-c3c(C)nc4ccccn34)cs2)cc1. The van der Waals surface area contributed by atoms with E-state index in [0.29, 0.717) is 0 Å². The van der Waals surface area contributed by atoms with Gasteiger partial charge in [0.2, 0.25) is 5.91 Å². The number of anilines is 1. The molecule has 0 bridgehead atoms. The van der Waals surface area contributed by atoms with Gasteiger partial charge in [-0.3, -0.25) is 14.5 Å². The number of rotatable bonds is 4. The Morgan fingerprint density at radius 2 is 1.96 bits per heavy atom. The summed E-state index contributed by atoms with van der Waals surface area (Å²) < 4.78 is 2.07. The molecule has 0 saturated heterocycles. The van der Waals surface area contributed by atoms with Crippen LogP contribution in [0.4, 0.5) is 16.5 Å². The van der Waals surface area contributed by atoms with Crippen molar-refractivity contribution in [2.45, 2.75) is 13.8 Å². The molecule has 1 amide bonds. The number of pyridine rings is 1. The van der Waals surface area contributed by atoms with Crippen LogP contribution in [0.3, 0.4) is 0 Å². The number of nitrogens with one attached hydrogen (secondary N) is 1. The van der Waals surface area contributed by atoms with Crippen molar-refractivity contribution >= 4 is 39.4 Å². The molecule has 3 aromatic heterocycles. The van der Waals surface area contributed by atoms with E-state index >= 15 is 0 Å². The normalized spacial score (nSPS) is 11.0. The lowest BCUT2D eigenvalue weighted by molar-refractivity contribution is -0.478. The highest BCUT2D eigenvalue weighted by atomic mass is 32.1. The first-order valence-corrected chi connectivity index (χ1v) is 9.10. The van der Waals surface area contributed by atoms with Crippen molar-refractivity contribution in [2.24, 2.45) is 0 Å². The molecular weight excluding hydrogens is 346 g/mol. The molecule has 4 rings (SSSR count). The number of carbonyl (C=O) groups is 1. The van der Waals surface area contributed by atoms with Gasteiger partial charge in [0, 0.05) is 36.3 Å². The van der Waals surface area contributed by atoms with E-state index in [-0.39, 0.29) is 5.91 Å². The molecule has 0 unspecified atom stereocenters. The number of quaternary nitrogens is 1. The summed E-state index contributed by atoms with van der Waals surface area (Å²) in [6, 6.07) is 13.7. The van der Waals surface area contributed by atoms with Crippen molar-refractivity contribution in [2.75, 3.05) is 5.32 Å². The molecule has 4 aromatic rings. The van der Waals surface area contributed by atoms with Crippen LogP contribution in [-0.2, 0) is 4.79 Å². The fourth-order valence-corrected chi connectivity index (χ4v) is 3.65. The number of nitrogens with two attached hydrogens (primary N) is 1. The molecule has 0 aliphatic rings. The number of benzene rings is 1. The summed E-state index contributed by atoms with van der Waals surface area (Å²) in [5.41, 5.74) is 5.66. The van der Waals surface area contributed by atoms with Gasteiger partial charge < -0.3 is 5.32 Å². The maximum Gasteiger partial charge on any atom is 0.288 e. The van der Waals surface area contributed by atoms with Crippen molar-refractivity contribution < 1.29 is 10.1 Å². The fourth-order valence-electron chi connectivity index (χ4n) is 2.89. The number of amides is 1. The van der Waals surface area contributed by atoms with Gasteiger partial charge in [0.15, 0.2) is 0 Å². The van der Waals surface area contributed by atoms with Crippen molar-refractivity contribution in [1.82, 2.24) is 14.4 Å². The lowest BCUT2D eigenvalue weighted by Gasteiger charge is -2.02. The maximum atomic E-state index is 11.1. The Labute approximate surface area is 154 Å². The van der Waals surface area contributed by atoms with Crippen LogP contribution in [-0.4, -0.2) is 20.3 Å². The number of imidazole rings is 1. The van der Waals surface area contributed by atoms with Crippen molar-refractivity contribution in [1.29, 1.82) is 0 Å². The summed E-state index contributed by atoms with van der Waals surface area (Å²) in [5, 5.41) is 7.78. The second-order valence-electron chi connectivity index (χ2n) is 5.99. The molecule has 0 aliphatic heterocycles. The number of fused-ring (bicyclic) bond motifs is 1. The number of hydrogen-bond acceptors (Lipinski definition) is 4. The summed E-state index contributed by atoms with van der Waals surface area (Å²) in [4.78, 5) is 20.5. The molecule has 6 nitrogen and oxygen atoms in total. The van der Waals surface area contributed by atoms with Gasteiger partial charge in [0.05, 0.1) is 11.4 Å². The van der Waals surface area contributed by atoms with E-state index in [0.717, 1.165) is 39.2 Å². The Balaban J connectivity index is 1.58. The van der Waals surface area contributed by atoms with Crippen molar-refractivity contribution in [3.8, 4) is 11.4 Å². The predicted octanol–water partition coefficient (Wildman–Crippen LogP) is 3.25. The van der Waals surface area contributed by atoms with Crippen LogP contribution < -0.4 is 10.6 Å². The minimum absolute atomic E-state index is 0.0744. The Bertz CT molecular complexity index is 1080. The van der Waals surface area contributed by atoms with Gasteiger partial charge in [0.25, 0.3) is 5.13 Å². The first kappa shape index (κ1) is 16.4. The van der Waals surface area contributed by atoms with Gasteiger partial charge in [-0.2, -0.15) is 4.98 Å². The van der Waals surface area contributed by atoms with E-state index in [1.165, 1.54) is 6.92 Å². The van der Waals surface area contributed by atoms with E-state index in [4.69, 9.17) is 4.98 Å². The third kappa shape index (κ3) is 3.22. The summed E-state index contributed by atoms with van der Waals surface area (Å²) in [6.45, 7) is 3.51.